The topological polar surface area (TPSA) is 101 Å². The number of allylic oxidation sites excluding steroid dienone is 2. The second-order valence-electron chi connectivity index (χ2n) is 6.47. The molecule has 5 nitrogen and oxygen atoms in total. The number of fused-ring (bicyclic) bond motifs is 1. The monoisotopic (exact) mass is 349 g/mol. The van der Waals surface area contributed by atoms with Crippen LogP contribution in [0, 0.1) is 45.3 Å². The molecule has 2 heterocycles. The molecule has 0 aromatic carbocycles. The zero-order valence-electron chi connectivity index (χ0n) is 14.1. The van der Waals surface area contributed by atoms with Crippen LogP contribution in [0.4, 0.5) is 0 Å². The van der Waals surface area contributed by atoms with Gasteiger partial charge in [0.2, 0.25) is 5.41 Å². The van der Waals surface area contributed by atoms with E-state index < -0.39 is 5.41 Å². The quantitative estimate of drug-likeness (QED) is 0.846. The number of rotatable bonds is 3. The first-order valence-corrected chi connectivity index (χ1v) is 9.24. The molecular weight excluding hydrogens is 330 g/mol. The van der Waals surface area contributed by atoms with E-state index in [2.05, 4.69) is 30.0 Å². The highest BCUT2D eigenvalue weighted by molar-refractivity contribution is 7.08. The van der Waals surface area contributed by atoms with Gasteiger partial charge in [-0.3, -0.25) is 4.90 Å². The summed E-state index contributed by atoms with van der Waals surface area (Å²) in [5.74, 6) is -0.284. The summed E-state index contributed by atoms with van der Waals surface area (Å²) in [7, 11) is 0. The van der Waals surface area contributed by atoms with E-state index in [9.17, 15) is 15.8 Å². The summed E-state index contributed by atoms with van der Waals surface area (Å²) >= 11 is 1.57. The molecule has 0 fully saturated rings. The highest BCUT2D eigenvalue weighted by Crippen LogP contribution is 2.52. The van der Waals surface area contributed by atoms with Crippen molar-refractivity contribution in [1.82, 2.24) is 4.90 Å². The fraction of sp³-hybridized carbons (Fsp3) is 0.421. The first kappa shape index (κ1) is 17.2. The van der Waals surface area contributed by atoms with Gasteiger partial charge in [-0.25, -0.2) is 0 Å². The summed E-state index contributed by atoms with van der Waals surface area (Å²) in [4.78, 5) is 2.31. The van der Waals surface area contributed by atoms with Crippen LogP contribution < -0.4 is 5.73 Å². The van der Waals surface area contributed by atoms with Gasteiger partial charge in [-0.1, -0.05) is 13.0 Å². The Kier molecular flexibility index (Phi) is 4.64. The van der Waals surface area contributed by atoms with E-state index >= 15 is 0 Å². The van der Waals surface area contributed by atoms with Gasteiger partial charge in [0, 0.05) is 24.9 Å². The number of hydrogen-bond acceptors (Lipinski definition) is 6. The van der Waals surface area contributed by atoms with Crippen molar-refractivity contribution in [2.75, 3.05) is 19.6 Å². The van der Waals surface area contributed by atoms with Crippen molar-refractivity contribution in [3.05, 3.63) is 45.3 Å². The molecule has 1 aliphatic carbocycles. The van der Waals surface area contributed by atoms with Gasteiger partial charge in [0.1, 0.15) is 0 Å². The van der Waals surface area contributed by atoms with Crippen molar-refractivity contribution >= 4 is 11.3 Å². The minimum atomic E-state index is -1.53. The lowest BCUT2D eigenvalue weighted by atomic mass is 9.60. The predicted molar refractivity (Wildman–Crippen MR) is 95.8 cm³/mol. The molecule has 2 N–H and O–H groups in total. The van der Waals surface area contributed by atoms with E-state index in [1.165, 1.54) is 0 Å². The van der Waals surface area contributed by atoms with Gasteiger partial charge in [-0.05, 0) is 40.9 Å². The van der Waals surface area contributed by atoms with Gasteiger partial charge < -0.3 is 5.73 Å². The minimum Gasteiger partial charge on any atom is -0.399 e. The molecule has 0 unspecified atom stereocenters. The van der Waals surface area contributed by atoms with Crippen molar-refractivity contribution in [1.29, 1.82) is 15.8 Å². The normalized spacial score (nSPS) is 25.3. The van der Waals surface area contributed by atoms with E-state index in [1.54, 1.807) is 11.3 Å². The molecule has 0 amide bonds. The summed E-state index contributed by atoms with van der Waals surface area (Å²) in [6.45, 7) is 4.51. The number of thiophene rings is 1. The van der Waals surface area contributed by atoms with Crippen LogP contribution in [-0.2, 0) is 0 Å². The minimum absolute atomic E-state index is 0.0869. The number of nitrogens with two attached hydrogens (primary N) is 1. The second kappa shape index (κ2) is 6.73. The molecule has 0 saturated heterocycles. The molecular formula is C19H19N5S. The highest BCUT2D eigenvalue weighted by atomic mass is 32.1. The van der Waals surface area contributed by atoms with Crippen LogP contribution in [0.3, 0.4) is 0 Å². The standard InChI is InChI=1S/C19H19N5S/c1-2-5-24-6-3-16-15(9-24)17(13-4-7-25-10-13)14(8-20)18(23)19(16,11-21)12-22/h3-4,7,10,15,17H,2,5-6,9,23H2,1H3/t15-,17-/m1/s1. The Bertz CT molecular complexity index is 830. The number of nitriles is 3. The summed E-state index contributed by atoms with van der Waals surface area (Å²) in [6, 6.07) is 8.44. The summed E-state index contributed by atoms with van der Waals surface area (Å²) in [6.07, 6.45) is 3.01. The third-order valence-electron chi connectivity index (χ3n) is 5.16. The van der Waals surface area contributed by atoms with Gasteiger partial charge in [-0.15, -0.1) is 0 Å². The summed E-state index contributed by atoms with van der Waals surface area (Å²) in [5.41, 5.74) is 6.98. The predicted octanol–water partition coefficient (Wildman–Crippen LogP) is 2.88. The van der Waals surface area contributed by atoms with Crippen LogP contribution >= 0.6 is 11.3 Å². The van der Waals surface area contributed by atoms with Gasteiger partial charge in [0.05, 0.1) is 29.5 Å². The van der Waals surface area contributed by atoms with Crippen molar-refractivity contribution in [3.63, 3.8) is 0 Å². The summed E-state index contributed by atoms with van der Waals surface area (Å²) < 4.78 is 0. The molecule has 1 aliphatic heterocycles. The molecule has 6 heteroatoms. The Morgan fingerprint density at radius 2 is 2.12 bits per heavy atom. The molecule has 126 valence electrons. The SMILES string of the molecule is CCCN1CC=C2[C@@H](C1)[C@H](c1ccsc1)C(C#N)=C(N)C2(C#N)C#N. The fourth-order valence-corrected chi connectivity index (χ4v) is 4.72. The van der Waals surface area contributed by atoms with Crippen LogP contribution in [0.1, 0.15) is 24.8 Å². The number of nitrogens with zero attached hydrogens (tertiary/aromatic N) is 4. The first-order valence-electron chi connectivity index (χ1n) is 8.30. The van der Waals surface area contributed by atoms with E-state index in [0.29, 0.717) is 12.1 Å². The summed E-state index contributed by atoms with van der Waals surface area (Å²) in [5, 5.41) is 33.4. The smallest absolute Gasteiger partial charge is 0.204 e. The van der Waals surface area contributed by atoms with Crippen molar-refractivity contribution in [2.24, 2.45) is 17.1 Å². The molecule has 0 radical (unpaired) electrons. The third kappa shape index (κ3) is 2.53. The lowest BCUT2D eigenvalue weighted by molar-refractivity contribution is 0.225. The molecule has 0 saturated carbocycles. The van der Waals surface area contributed by atoms with Crippen molar-refractivity contribution in [2.45, 2.75) is 19.3 Å². The molecule has 1 aromatic rings. The molecule has 1 aromatic heterocycles. The third-order valence-corrected chi connectivity index (χ3v) is 5.86. The Hall–Kier alpha value is -2.59. The second-order valence-corrected chi connectivity index (χ2v) is 7.25. The molecule has 0 spiro atoms. The highest BCUT2D eigenvalue weighted by Gasteiger charge is 2.52. The van der Waals surface area contributed by atoms with E-state index in [4.69, 9.17) is 5.73 Å². The van der Waals surface area contributed by atoms with Gasteiger partial charge in [-0.2, -0.15) is 27.1 Å². The maximum Gasteiger partial charge on any atom is 0.204 e. The number of hydrogen-bond donors (Lipinski definition) is 1. The maximum atomic E-state index is 9.80. The van der Waals surface area contributed by atoms with Crippen molar-refractivity contribution in [3.8, 4) is 18.2 Å². The Labute approximate surface area is 151 Å². The van der Waals surface area contributed by atoms with Crippen LogP contribution in [0.15, 0.2) is 39.7 Å². The lowest BCUT2D eigenvalue weighted by Gasteiger charge is -2.44. The van der Waals surface area contributed by atoms with E-state index in [-0.39, 0.29) is 17.5 Å². The maximum absolute atomic E-state index is 9.80. The van der Waals surface area contributed by atoms with Crippen LogP contribution in [0.5, 0.6) is 0 Å². The fourth-order valence-electron chi connectivity index (χ4n) is 4.03. The van der Waals surface area contributed by atoms with Crippen LogP contribution in [0.2, 0.25) is 0 Å². The Morgan fingerprint density at radius 1 is 1.36 bits per heavy atom. The lowest BCUT2D eigenvalue weighted by Crippen LogP contribution is -2.47. The van der Waals surface area contributed by atoms with Gasteiger partial charge >= 0.3 is 0 Å². The van der Waals surface area contributed by atoms with E-state index in [1.807, 2.05) is 22.9 Å². The van der Waals surface area contributed by atoms with Gasteiger partial charge in [0.25, 0.3) is 0 Å². The van der Waals surface area contributed by atoms with Crippen LogP contribution in [0.25, 0.3) is 0 Å². The van der Waals surface area contributed by atoms with Gasteiger partial charge in [0.15, 0.2) is 0 Å². The Balaban J connectivity index is 2.23. The zero-order chi connectivity index (χ0) is 18.0. The molecule has 25 heavy (non-hydrogen) atoms. The van der Waals surface area contributed by atoms with Crippen LogP contribution in [-0.4, -0.2) is 24.5 Å². The average Bonchev–Trinajstić information content (AvgIpc) is 3.16. The molecule has 2 aliphatic rings. The Morgan fingerprint density at radius 3 is 2.68 bits per heavy atom. The average molecular weight is 349 g/mol. The largest absolute Gasteiger partial charge is 0.399 e. The first-order chi connectivity index (χ1) is 12.1. The van der Waals surface area contributed by atoms with E-state index in [0.717, 1.165) is 30.6 Å². The molecule has 2 atom stereocenters. The van der Waals surface area contributed by atoms with Crippen molar-refractivity contribution < 1.29 is 0 Å². The molecule has 3 rings (SSSR count). The zero-order valence-corrected chi connectivity index (χ0v) is 14.9. The molecule has 0 bridgehead atoms.